The van der Waals surface area contributed by atoms with Crippen molar-refractivity contribution in [3.8, 4) is 52.4 Å². The topological polar surface area (TPSA) is 104 Å². The van der Waals surface area contributed by atoms with Crippen molar-refractivity contribution in [3.05, 3.63) is 40.6 Å². The summed E-state index contributed by atoms with van der Waals surface area (Å²) < 4.78 is 48.8. The molecular formula is C25H26O10. The Morgan fingerprint density at radius 1 is 0.829 bits per heavy atom. The van der Waals surface area contributed by atoms with Crippen molar-refractivity contribution >= 4 is 11.0 Å². The molecule has 0 N–H and O–H groups in total. The van der Waals surface area contributed by atoms with Crippen molar-refractivity contribution in [1.29, 1.82) is 0 Å². The molecule has 1 heterocycles. The van der Waals surface area contributed by atoms with Gasteiger partial charge in [-0.3, -0.25) is 4.79 Å². The molecule has 3 rings (SSSR count). The third-order valence-electron chi connectivity index (χ3n) is 4.62. The number of hydrogen-bond acceptors (Lipinski definition) is 10. The minimum Gasteiger partial charge on any atom is -0.496 e. The lowest BCUT2D eigenvalue weighted by atomic mass is 10.1. The molecule has 0 amide bonds. The molecule has 0 fully saturated rings. The first-order valence-corrected chi connectivity index (χ1v) is 10.3. The van der Waals surface area contributed by atoms with Gasteiger partial charge in [0.2, 0.25) is 11.2 Å². The number of hydrogen-bond donors (Lipinski definition) is 0. The maximum absolute atomic E-state index is 13.5. The predicted octanol–water partition coefficient (Wildman–Crippen LogP) is 3.43. The number of rotatable bonds is 13. The highest BCUT2D eigenvalue weighted by atomic mass is 16.7. The van der Waals surface area contributed by atoms with Gasteiger partial charge in [-0.05, 0) is 18.2 Å². The first kappa shape index (κ1) is 25.7. The first-order chi connectivity index (χ1) is 17.1. The highest BCUT2D eigenvalue weighted by Crippen LogP contribution is 2.39. The Kier molecular flexibility index (Phi) is 9.20. The van der Waals surface area contributed by atoms with E-state index >= 15 is 0 Å². The Labute approximate surface area is 202 Å². The molecule has 0 aliphatic heterocycles. The van der Waals surface area contributed by atoms with Gasteiger partial charge in [-0.25, -0.2) is 0 Å². The second kappa shape index (κ2) is 12.5. The molecule has 3 aromatic rings. The van der Waals surface area contributed by atoms with Gasteiger partial charge in [0.1, 0.15) is 29.1 Å². The van der Waals surface area contributed by atoms with Gasteiger partial charge in [-0.15, -0.1) is 6.42 Å². The Hall–Kier alpha value is -3.91. The van der Waals surface area contributed by atoms with Crippen molar-refractivity contribution in [1.82, 2.24) is 0 Å². The van der Waals surface area contributed by atoms with Crippen molar-refractivity contribution < 1.29 is 42.3 Å². The molecular weight excluding hydrogens is 460 g/mol. The molecule has 0 radical (unpaired) electrons. The van der Waals surface area contributed by atoms with Gasteiger partial charge in [0.05, 0.1) is 7.11 Å². The third kappa shape index (κ3) is 5.96. The fraction of sp³-hybridized carbons (Fsp3) is 0.320. The second-order valence-electron chi connectivity index (χ2n) is 6.90. The zero-order chi connectivity index (χ0) is 25.2. The first-order valence-electron chi connectivity index (χ1n) is 10.3. The van der Waals surface area contributed by atoms with E-state index in [9.17, 15) is 4.79 Å². The van der Waals surface area contributed by atoms with Crippen molar-refractivity contribution in [2.75, 3.05) is 55.4 Å². The molecule has 1 aromatic heterocycles. The van der Waals surface area contributed by atoms with Crippen LogP contribution in [0.4, 0.5) is 0 Å². The summed E-state index contributed by atoms with van der Waals surface area (Å²) in [6, 6.07) is 8.07. The number of terminal acetylenes is 1. The van der Waals surface area contributed by atoms with Crippen LogP contribution in [0.3, 0.4) is 0 Å². The Balaban J connectivity index is 2.23. The lowest BCUT2D eigenvalue weighted by Gasteiger charge is -2.16. The average molecular weight is 486 g/mol. The van der Waals surface area contributed by atoms with Gasteiger partial charge in [-0.1, -0.05) is 5.92 Å². The van der Waals surface area contributed by atoms with Gasteiger partial charge >= 0.3 is 0 Å². The largest absolute Gasteiger partial charge is 0.496 e. The van der Waals surface area contributed by atoms with Crippen LogP contribution in [0.1, 0.15) is 0 Å². The lowest BCUT2D eigenvalue weighted by molar-refractivity contribution is 0.0487. The van der Waals surface area contributed by atoms with Crippen molar-refractivity contribution in [2.24, 2.45) is 0 Å². The number of benzene rings is 2. The molecule has 0 spiro atoms. The fourth-order valence-electron chi connectivity index (χ4n) is 3.18. The molecule has 0 saturated carbocycles. The average Bonchev–Trinajstić information content (AvgIpc) is 2.88. The van der Waals surface area contributed by atoms with E-state index in [1.165, 1.54) is 28.4 Å². The highest BCUT2D eigenvalue weighted by molar-refractivity contribution is 5.88. The van der Waals surface area contributed by atoms with Crippen LogP contribution in [0, 0.1) is 12.3 Å². The predicted molar refractivity (Wildman–Crippen MR) is 126 cm³/mol. The number of fused-ring (bicyclic) bond motifs is 1. The van der Waals surface area contributed by atoms with Gasteiger partial charge in [0.15, 0.2) is 37.6 Å². The normalized spacial score (nSPS) is 10.6. The summed E-state index contributed by atoms with van der Waals surface area (Å²) in [5, 5.41) is 0.177. The maximum Gasteiger partial charge on any atom is 0.239 e. The van der Waals surface area contributed by atoms with E-state index in [-0.39, 0.29) is 55.2 Å². The summed E-state index contributed by atoms with van der Waals surface area (Å²) in [4.78, 5) is 13.5. The minimum atomic E-state index is -0.459. The van der Waals surface area contributed by atoms with Gasteiger partial charge < -0.3 is 42.3 Å². The Bertz CT molecular complexity index is 1240. The summed E-state index contributed by atoms with van der Waals surface area (Å²) >= 11 is 0. The zero-order valence-electron chi connectivity index (χ0n) is 19.9. The van der Waals surface area contributed by atoms with Crippen LogP contribution in [-0.2, 0) is 14.2 Å². The molecule has 0 unspecified atom stereocenters. The van der Waals surface area contributed by atoms with Crippen LogP contribution in [-0.4, -0.2) is 55.4 Å². The summed E-state index contributed by atoms with van der Waals surface area (Å²) in [5.74, 6) is 3.82. The SMILES string of the molecule is C#CCOc1cc(-c2oc3cc(OCOC)cc(OC)c3c(=O)c2OCOC)ccc1OCOC. The fourth-order valence-corrected chi connectivity index (χ4v) is 3.18. The van der Waals surface area contributed by atoms with E-state index in [4.69, 9.17) is 48.7 Å². The molecule has 2 aromatic carbocycles. The summed E-state index contributed by atoms with van der Waals surface area (Å²) in [6.07, 6.45) is 5.35. The van der Waals surface area contributed by atoms with Crippen LogP contribution in [0.15, 0.2) is 39.5 Å². The van der Waals surface area contributed by atoms with E-state index in [1.54, 1.807) is 30.3 Å². The van der Waals surface area contributed by atoms with Gasteiger partial charge in [0, 0.05) is 39.0 Å². The van der Waals surface area contributed by atoms with E-state index in [0.29, 0.717) is 22.8 Å². The van der Waals surface area contributed by atoms with E-state index in [1.807, 2.05) is 0 Å². The van der Waals surface area contributed by atoms with Crippen LogP contribution in [0.2, 0.25) is 0 Å². The third-order valence-corrected chi connectivity index (χ3v) is 4.62. The molecule has 0 atom stereocenters. The van der Waals surface area contributed by atoms with E-state index in [2.05, 4.69) is 5.92 Å². The van der Waals surface area contributed by atoms with Gasteiger partial charge in [-0.2, -0.15) is 0 Å². The van der Waals surface area contributed by atoms with Crippen LogP contribution >= 0.6 is 0 Å². The van der Waals surface area contributed by atoms with Crippen molar-refractivity contribution in [2.45, 2.75) is 0 Å². The van der Waals surface area contributed by atoms with Crippen LogP contribution < -0.4 is 29.1 Å². The standard InChI is InChI=1S/C25H26O10/c1-6-9-31-19-10-16(7-8-18(19)33-14-28-3)24-25(34-15-29-4)23(26)22-20(30-5)11-17(32-13-27-2)12-21(22)35-24/h1,7-8,10-12H,9,13-15H2,2-5H3. The second-order valence-corrected chi connectivity index (χ2v) is 6.90. The Morgan fingerprint density at radius 3 is 2.23 bits per heavy atom. The molecule has 0 aliphatic carbocycles. The van der Waals surface area contributed by atoms with E-state index in [0.717, 1.165) is 0 Å². The van der Waals surface area contributed by atoms with E-state index < -0.39 is 5.43 Å². The van der Waals surface area contributed by atoms with Crippen LogP contribution in [0.25, 0.3) is 22.3 Å². The number of methoxy groups -OCH3 is 4. The molecule has 0 bridgehead atoms. The quantitative estimate of drug-likeness (QED) is 0.264. The molecule has 0 saturated heterocycles. The minimum absolute atomic E-state index is 0.000399. The van der Waals surface area contributed by atoms with Crippen molar-refractivity contribution in [3.63, 3.8) is 0 Å². The molecule has 10 heteroatoms. The maximum atomic E-state index is 13.5. The highest BCUT2D eigenvalue weighted by Gasteiger charge is 2.23. The Morgan fingerprint density at radius 2 is 1.54 bits per heavy atom. The summed E-state index contributed by atoms with van der Waals surface area (Å²) in [5.41, 5.74) is 0.222. The molecule has 35 heavy (non-hydrogen) atoms. The van der Waals surface area contributed by atoms with Crippen LogP contribution in [0.5, 0.6) is 28.7 Å². The van der Waals surface area contributed by atoms with Gasteiger partial charge in [0.25, 0.3) is 0 Å². The molecule has 0 aliphatic rings. The number of ether oxygens (including phenoxy) is 8. The molecule has 186 valence electrons. The molecule has 10 nitrogen and oxygen atoms in total. The summed E-state index contributed by atoms with van der Waals surface area (Å²) in [6.45, 7) is -0.183. The monoisotopic (exact) mass is 486 g/mol. The lowest BCUT2D eigenvalue weighted by Crippen LogP contribution is -2.13. The smallest absolute Gasteiger partial charge is 0.239 e. The zero-order valence-corrected chi connectivity index (χ0v) is 19.9. The summed E-state index contributed by atoms with van der Waals surface area (Å²) in [7, 11) is 5.87.